The second-order valence-corrected chi connectivity index (χ2v) is 7.43. The molecule has 0 bridgehead atoms. The molecule has 0 radical (unpaired) electrons. The number of hydrogen-bond acceptors (Lipinski definition) is 1. The first kappa shape index (κ1) is 16.4. The summed E-state index contributed by atoms with van der Waals surface area (Å²) < 4.78 is 0. The minimum absolute atomic E-state index is 0.269. The molecule has 1 aliphatic heterocycles. The quantitative estimate of drug-likeness (QED) is 0.743. The third kappa shape index (κ3) is 3.80. The number of benzene rings is 2. The van der Waals surface area contributed by atoms with Crippen LogP contribution in [0.5, 0.6) is 0 Å². The van der Waals surface area contributed by atoms with Gasteiger partial charge in [-0.25, -0.2) is 0 Å². The highest BCUT2D eigenvalue weighted by Crippen LogP contribution is 2.30. The van der Waals surface area contributed by atoms with Crippen molar-refractivity contribution in [2.24, 2.45) is 5.92 Å². The van der Waals surface area contributed by atoms with Crippen LogP contribution in [0, 0.1) is 17.8 Å². The van der Waals surface area contributed by atoms with E-state index in [2.05, 4.69) is 65.7 Å². The summed E-state index contributed by atoms with van der Waals surface area (Å²) in [4.78, 5) is 0. The van der Waals surface area contributed by atoms with Gasteiger partial charge in [-0.05, 0) is 47.9 Å². The van der Waals surface area contributed by atoms with Gasteiger partial charge in [-0.15, -0.1) is 0 Å². The maximum Gasteiger partial charge on any atom is 0.0591 e. The highest BCUT2D eigenvalue weighted by molar-refractivity contribution is 5.48. The summed E-state index contributed by atoms with van der Waals surface area (Å²) in [5.41, 5.74) is 5.39. The summed E-state index contributed by atoms with van der Waals surface area (Å²) >= 11 is 0. The fraction of sp³-hybridized carbons (Fsp3) is 0.417. The third-order valence-electron chi connectivity index (χ3n) is 5.72. The van der Waals surface area contributed by atoms with E-state index in [0.717, 1.165) is 25.3 Å². The van der Waals surface area contributed by atoms with E-state index < -0.39 is 0 Å². The molecule has 2 aromatic rings. The van der Waals surface area contributed by atoms with Gasteiger partial charge < -0.3 is 5.32 Å². The lowest BCUT2D eigenvalue weighted by atomic mass is 9.86. The molecule has 25 heavy (non-hydrogen) atoms. The topological polar surface area (TPSA) is 12.0 Å². The Morgan fingerprint density at radius 2 is 1.64 bits per heavy atom. The first-order valence-electron chi connectivity index (χ1n) is 9.81. The van der Waals surface area contributed by atoms with Crippen molar-refractivity contribution >= 4 is 0 Å². The summed E-state index contributed by atoms with van der Waals surface area (Å²) in [6.45, 7) is 1.03. The molecule has 0 saturated heterocycles. The molecule has 4 rings (SSSR count). The van der Waals surface area contributed by atoms with Gasteiger partial charge in [0.25, 0.3) is 0 Å². The van der Waals surface area contributed by atoms with Gasteiger partial charge in [0.15, 0.2) is 0 Å². The van der Waals surface area contributed by atoms with Crippen molar-refractivity contribution in [1.29, 1.82) is 0 Å². The Bertz CT molecular complexity index is 774. The van der Waals surface area contributed by atoms with Crippen molar-refractivity contribution in [2.45, 2.75) is 51.0 Å². The van der Waals surface area contributed by atoms with Crippen LogP contribution in [0.25, 0.3) is 0 Å². The van der Waals surface area contributed by atoms with E-state index in [1.807, 2.05) is 0 Å². The summed E-state index contributed by atoms with van der Waals surface area (Å²) in [5.74, 6) is 7.82. The standard InChI is InChI=1S/C24H27N/c1-2-9-19(10-3-1)11-8-14-20-12-4-6-15-22(20)24-23-16-7-5-13-21(23)17-18-25-24/h4-7,12-13,15-16,19,24-25H,1-3,9-11,17-18H2. The fourth-order valence-corrected chi connectivity index (χ4v) is 4.33. The lowest BCUT2D eigenvalue weighted by Gasteiger charge is -2.28. The summed E-state index contributed by atoms with van der Waals surface area (Å²) in [5, 5.41) is 3.70. The van der Waals surface area contributed by atoms with Crippen LogP contribution in [0.1, 0.15) is 66.8 Å². The number of hydrogen-bond donors (Lipinski definition) is 1. The number of nitrogens with one attached hydrogen (secondary N) is 1. The monoisotopic (exact) mass is 329 g/mol. The molecule has 1 atom stereocenters. The average Bonchev–Trinajstić information content (AvgIpc) is 2.69. The van der Waals surface area contributed by atoms with Crippen molar-refractivity contribution in [3.63, 3.8) is 0 Å². The Labute approximate surface area is 151 Å². The SMILES string of the molecule is C(#Cc1ccccc1C1NCCc2ccccc21)CC1CCCCC1. The predicted octanol–water partition coefficient (Wildman–Crippen LogP) is 5.24. The van der Waals surface area contributed by atoms with Crippen molar-refractivity contribution in [3.8, 4) is 11.8 Å². The van der Waals surface area contributed by atoms with Gasteiger partial charge in [-0.2, -0.15) is 0 Å². The smallest absolute Gasteiger partial charge is 0.0591 e. The van der Waals surface area contributed by atoms with E-state index in [0.29, 0.717) is 0 Å². The minimum Gasteiger partial charge on any atom is -0.306 e. The van der Waals surface area contributed by atoms with Gasteiger partial charge in [0, 0.05) is 18.5 Å². The average molecular weight is 329 g/mol. The predicted molar refractivity (Wildman–Crippen MR) is 105 cm³/mol. The molecule has 1 heterocycles. The van der Waals surface area contributed by atoms with Crippen LogP contribution < -0.4 is 5.32 Å². The maximum atomic E-state index is 3.70. The molecule has 0 spiro atoms. The molecular formula is C24H27N. The van der Waals surface area contributed by atoms with Crippen molar-refractivity contribution in [2.75, 3.05) is 6.54 Å². The van der Waals surface area contributed by atoms with Gasteiger partial charge in [-0.1, -0.05) is 73.6 Å². The molecule has 1 saturated carbocycles. The Balaban J connectivity index is 1.58. The Kier molecular flexibility index (Phi) is 5.19. The number of rotatable bonds is 2. The second-order valence-electron chi connectivity index (χ2n) is 7.43. The Hall–Kier alpha value is -2.04. The molecule has 1 fully saturated rings. The Morgan fingerprint density at radius 3 is 2.52 bits per heavy atom. The zero-order valence-corrected chi connectivity index (χ0v) is 14.9. The lowest BCUT2D eigenvalue weighted by Crippen LogP contribution is -2.31. The van der Waals surface area contributed by atoms with Crippen molar-refractivity contribution < 1.29 is 0 Å². The molecule has 2 aliphatic rings. The van der Waals surface area contributed by atoms with Gasteiger partial charge >= 0.3 is 0 Å². The summed E-state index contributed by atoms with van der Waals surface area (Å²) in [6.07, 6.45) is 9.12. The van der Waals surface area contributed by atoms with E-state index >= 15 is 0 Å². The van der Waals surface area contributed by atoms with Crippen LogP contribution in [-0.2, 0) is 6.42 Å². The van der Waals surface area contributed by atoms with Gasteiger partial charge in [0.2, 0.25) is 0 Å². The first-order chi connectivity index (χ1) is 12.4. The molecule has 128 valence electrons. The normalized spacial score (nSPS) is 20.4. The highest BCUT2D eigenvalue weighted by atomic mass is 14.9. The summed E-state index contributed by atoms with van der Waals surface area (Å²) in [6, 6.07) is 17.8. The molecule has 2 aromatic carbocycles. The van der Waals surface area contributed by atoms with E-state index in [1.54, 1.807) is 0 Å². The van der Waals surface area contributed by atoms with E-state index in [1.165, 1.54) is 54.4 Å². The molecule has 1 nitrogen and oxygen atoms in total. The molecule has 0 aromatic heterocycles. The molecule has 1 heteroatoms. The molecule has 1 N–H and O–H groups in total. The van der Waals surface area contributed by atoms with Crippen molar-refractivity contribution in [1.82, 2.24) is 5.32 Å². The lowest BCUT2D eigenvalue weighted by molar-refractivity contribution is 0.365. The van der Waals surface area contributed by atoms with Crippen LogP contribution in [0.2, 0.25) is 0 Å². The van der Waals surface area contributed by atoms with E-state index in [-0.39, 0.29) is 6.04 Å². The van der Waals surface area contributed by atoms with Gasteiger partial charge in [0.1, 0.15) is 0 Å². The van der Waals surface area contributed by atoms with Crippen LogP contribution >= 0.6 is 0 Å². The van der Waals surface area contributed by atoms with E-state index in [4.69, 9.17) is 0 Å². The zero-order valence-electron chi connectivity index (χ0n) is 14.9. The molecule has 1 aliphatic carbocycles. The van der Waals surface area contributed by atoms with Crippen LogP contribution in [0.15, 0.2) is 48.5 Å². The molecule has 1 unspecified atom stereocenters. The summed E-state index contributed by atoms with van der Waals surface area (Å²) in [7, 11) is 0. The van der Waals surface area contributed by atoms with Gasteiger partial charge in [0.05, 0.1) is 6.04 Å². The number of fused-ring (bicyclic) bond motifs is 1. The maximum absolute atomic E-state index is 3.70. The zero-order chi connectivity index (χ0) is 16.9. The molecule has 0 amide bonds. The van der Waals surface area contributed by atoms with E-state index in [9.17, 15) is 0 Å². The van der Waals surface area contributed by atoms with Crippen molar-refractivity contribution in [3.05, 3.63) is 70.8 Å². The van der Waals surface area contributed by atoms with Crippen LogP contribution in [0.3, 0.4) is 0 Å². The fourth-order valence-electron chi connectivity index (χ4n) is 4.33. The highest BCUT2D eigenvalue weighted by Gasteiger charge is 2.22. The molecular weight excluding hydrogens is 302 g/mol. The minimum atomic E-state index is 0.269. The van der Waals surface area contributed by atoms with Crippen LogP contribution in [0.4, 0.5) is 0 Å². The first-order valence-corrected chi connectivity index (χ1v) is 9.81. The van der Waals surface area contributed by atoms with Crippen LogP contribution in [-0.4, -0.2) is 6.54 Å². The largest absolute Gasteiger partial charge is 0.306 e. The second kappa shape index (κ2) is 7.89. The third-order valence-corrected chi connectivity index (χ3v) is 5.72. The Morgan fingerprint density at radius 1 is 0.880 bits per heavy atom. The van der Waals surface area contributed by atoms with Gasteiger partial charge in [-0.3, -0.25) is 0 Å².